The summed E-state index contributed by atoms with van der Waals surface area (Å²) in [6.07, 6.45) is 1.60. The fourth-order valence-electron chi connectivity index (χ4n) is 2.26. The third-order valence-electron chi connectivity index (χ3n) is 3.50. The van der Waals surface area contributed by atoms with Crippen LogP contribution in [0.4, 0.5) is 0 Å². The van der Waals surface area contributed by atoms with Crippen molar-refractivity contribution in [3.05, 3.63) is 29.1 Å². The Balaban J connectivity index is 2.19. The van der Waals surface area contributed by atoms with E-state index < -0.39 is 0 Å². The summed E-state index contributed by atoms with van der Waals surface area (Å²) in [5, 5.41) is 12.3. The second-order valence-electron chi connectivity index (χ2n) is 5.33. The minimum absolute atomic E-state index is 0.473. The maximum atomic E-state index is 4.63. The Morgan fingerprint density at radius 2 is 2.00 bits per heavy atom. The minimum Gasteiger partial charge on any atom is -0.310 e. The summed E-state index contributed by atoms with van der Waals surface area (Å²) in [5.41, 5.74) is 3.56. The summed E-state index contributed by atoms with van der Waals surface area (Å²) in [6.45, 7) is 12.9. The van der Waals surface area contributed by atoms with Crippen molar-refractivity contribution < 1.29 is 0 Å². The Morgan fingerprint density at radius 3 is 2.65 bits per heavy atom. The zero-order chi connectivity index (χ0) is 14.7. The van der Waals surface area contributed by atoms with E-state index in [-0.39, 0.29) is 0 Å². The summed E-state index contributed by atoms with van der Waals surface area (Å²) in [5.74, 6) is 0.946. The Kier molecular flexibility index (Phi) is 4.54. The molecule has 0 aliphatic rings. The van der Waals surface area contributed by atoms with E-state index in [0.717, 1.165) is 24.6 Å². The minimum atomic E-state index is 0.473. The van der Waals surface area contributed by atoms with Crippen LogP contribution in [0.25, 0.3) is 0 Å². The predicted octanol–water partition coefficient (Wildman–Crippen LogP) is 1.66. The fourth-order valence-corrected chi connectivity index (χ4v) is 2.26. The van der Waals surface area contributed by atoms with Gasteiger partial charge in [0.25, 0.3) is 0 Å². The summed E-state index contributed by atoms with van der Waals surface area (Å²) >= 11 is 0. The molecule has 0 aromatic carbocycles. The third-order valence-corrected chi connectivity index (χ3v) is 3.50. The zero-order valence-electron chi connectivity index (χ0n) is 13.0. The van der Waals surface area contributed by atoms with Crippen LogP contribution in [0.5, 0.6) is 0 Å². The lowest BCUT2D eigenvalue weighted by Gasteiger charge is -2.09. The van der Waals surface area contributed by atoms with Crippen molar-refractivity contribution in [1.82, 2.24) is 29.9 Å². The summed E-state index contributed by atoms with van der Waals surface area (Å²) in [6, 6.07) is 0.473. The highest BCUT2D eigenvalue weighted by Gasteiger charge is 2.13. The SMILES string of the molecule is CCn1ncnc1Cn1nc(C)c(CNC(C)C)c1C. The van der Waals surface area contributed by atoms with Gasteiger partial charge in [-0.25, -0.2) is 9.67 Å². The van der Waals surface area contributed by atoms with Crippen LogP contribution in [-0.4, -0.2) is 30.6 Å². The van der Waals surface area contributed by atoms with Crippen molar-refractivity contribution in [2.24, 2.45) is 0 Å². The second kappa shape index (κ2) is 6.17. The van der Waals surface area contributed by atoms with Gasteiger partial charge in [-0.05, 0) is 20.8 Å². The van der Waals surface area contributed by atoms with Crippen molar-refractivity contribution >= 4 is 0 Å². The molecule has 20 heavy (non-hydrogen) atoms. The summed E-state index contributed by atoms with van der Waals surface area (Å²) in [7, 11) is 0. The molecule has 0 bridgehead atoms. The molecule has 0 saturated heterocycles. The molecule has 0 radical (unpaired) electrons. The van der Waals surface area contributed by atoms with Gasteiger partial charge in [-0.2, -0.15) is 10.2 Å². The fraction of sp³-hybridized carbons (Fsp3) is 0.643. The molecular weight excluding hydrogens is 252 g/mol. The molecule has 0 aliphatic carbocycles. The first-order valence-corrected chi connectivity index (χ1v) is 7.15. The molecule has 0 saturated carbocycles. The van der Waals surface area contributed by atoms with Crippen molar-refractivity contribution in [2.45, 2.75) is 60.3 Å². The average Bonchev–Trinajstić information content (AvgIpc) is 2.94. The summed E-state index contributed by atoms with van der Waals surface area (Å²) in [4.78, 5) is 4.31. The van der Waals surface area contributed by atoms with Crippen LogP contribution in [0.15, 0.2) is 6.33 Å². The molecule has 6 heteroatoms. The number of aromatic nitrogens is 5. The maximum absolute atomic E-state index is 4.63. The number of nitrogens with zero attached hydrogens (tertiary/aromatic N) is 5. The van der Waals surface area contributed by atoms with Crippen LogP contribution in [0.1, 0.15) is 43.5 Å². The molecule has 2 aromatic heterocycles. The van der Waals surface area contributed by atoms with Gasteiger partial charge in [0, 0.05) is 30.4 Å². The highest BCUT2D eigenvalue weighted by atomic mass is 15.4. The first kappa shape index (κ1) is 14.7. The largest absolute Gasteiger partial charge is 0.310 e. The highest BCUT2D eigenvalue weighted by Crippen LogP contribution is 2.14. The molecule has 2 heterocycles. The second-order valence-corrected chi connectivity index (χ2v) is 5.33. The quantitative estimate of drug-likeness (QED) is 0.871. The van der Waals surface area contributed by atoms with Crippen LogP contribution >= 0.6 is 0 Å². The summed E-state index contributed by atoms with van der Waals surface area (Å²) < 4.78 is 3.92. The van der Waals surface area contributed by atoms with Gasteiger partial charge in [0.05, 0.1) is 5.69 Å². The topological polar surface area (TPSA) is 60.6 Å². The van der Waals surface area contributed by atoms with E-state index in [4.69, 9.17) is 0 Å². The van der Waals surface area contributed by atoms with E-state index in [1.165, 1.54) is 11.3 Å². The Bertz CT molecular complexity index is 566. The van der Waals surface area contributed by atoms with E-state index in [2.05, 4.69) is 55.1 Å². The standard InChI is InChI=1S/C14H24N6/c1-6-19-14(16-9-17-19)8-20-12(5)13(11(4)18-20)7-15-10(2)3/h9-10,15H,6-8H2,1-5H3. The van der Waals surface area contributed by atoms with E-state index in [1.807, 2.05) is 9.36 Å². The third kappa shape index (κ3) is 3.07. The number of nitrogens with one attached hydrogen (secondary N) is 1. The van der Waals surface area contributed by atoms with Gasteiger partial charge in [-0.15, -0.1) is 0 Å². The molecule has 1 N–H and O–H groups in total. The van der Waals surface area contributed by atoms with Crippen LogP contribution in [0.2, 0.25) is 0 Å². The molecule has 6 nitrogen and oxygen atoms in total. The van der Waals surface area contributed by atoms with E-state index >= 15 is 0 Å². The van der Waals surface area contributed by atoms with Crippen LogP contribution in [-0.2, 0) is 19.6 Å². The lowest BCUT2D eigenvalue weighted by molar-refractivity contribution is 0.556. The monoisotopic (exact) mass is 276 g/mol. The van der Waals surface area contributed by atoms with Crippen LogP contribution in [0.3, 0.4) is 0 Å². The lowest BCUT2D eigenvalue weighted by atomic mass is 10.2. The van der Waals surface area contributed by atoms with Crippen LogP contribution < -0.4 is 5.32 Å². The molecule has 2 aromatic rings. The lowest BCUT2D eigenvalue weighted by Crippen LogP contribution is -2.22. The average molecular weight is 276 g/mol. The van der Waals surface area contributed by atoms with Gasteiger partial charge < -0.3 is 5.32 Å². The van der Waals surface area contributed by atoms with Gasteiger partial charge in [0.15, 0.2) is 0 Å². The first-order chi connectivity index (χ1) is 9.52. The van der Waals surface area contributed by atoms with E-state index in [0.29, 0.717) is 12.6 Å². The van der Waals surface area contributed by atoms with Crippen molar-refractivity contribution in [1.29, 1.82) is 0 Å². The highest BCUT2D eigenvalue weighted by molar-refractivity contribution is 5.24. The molecule has 2 rings (SSSR count). The predicted molar refractivity (Wildman–Crippen MR) is 78.5 cm³/mol. The molecular formula is C14H24N6. The van der Waals surface area contributed by atoms with Crippen molar-refractivity contribution in [3.8, 4) is 0 Å². The van der Waals surface area contributed by atoms with Gasteiger partial charge in [-0.3, -0.25) is 4.68 Å². The Morgan fingerprint density at radius 1 is 1.25 bits per heavy atom. The number of aryl methyl sites for hydroxylation is 2. The van der Waals surface area contributed by atoms with Gasteiger partial charge >= 0.3 is 0 Å². The molecule has 0 fully saturated rings. The smallest absolute Gasteiger partial charge is 0.148 e. The van der Waals surface area contributed by atoms with Gasteiger partial charge in [0.1, 0.15) is 18.7 Å². The van der Waals surface area contributed by atoms with Gasteiger partial charge in [0.2, 0.25) is 0 Å². The Labute approximate surface area is 120 Å². The number of hydrogen-bond donors (Lipinski definition) is 1. The van der Waals surface area contributed by atoms with Crippen LogP contribution in [0, 0.1) is 13.8 Å². The van der Waals surface area contributed by atoms with Crippen molar-refractivity contribution in [2.75, 3.05) is 0 Å². The van der Waals surface area contributed by atoms with E-state index in [1.54, 1.807) is 6.33 Å². The molecule has 0 spiro atoms. The molecule has 0 atom stereocenters. The number of hydrogen-bond acceptors (Lipinski definition) is 4. The maximum Gasteiger partial charge on any atom is 0.148 e. The molecule has 0 aliphatic heterocycles. The van der Waals surface area contributed by atoms with Crippen molar-refractivity contribution in [3.63, 3.8) is 0 Å². The molecule has 0 amide bonds. The molecule has 0 unspecified atom stereocenters. The zero-order valence-corrected chi connectivity index (χ0v) is 13.0. The molecule has 110 valence electrons. The number of rotatable bonds is 6. The van der Waals surface area contributed by atoms with E-state index in [9.17, 15) is 0 Å². The normalized spacial score (nSPS) is 11.5. The Hall–Kier alpha value is -1.69. The van der Waals surface area contributed by atoms with Gasteiger partial charge in [-0.1, -0.05) is 13.8 Å². The first-order valence-electron chi connectivity index (χ1n) is 7.15.